The van der Waals surface area contributed by atoms with Gasteiger partial charge in [0.2, 0.25) is 5.91 Å². The van der Waals surface area contributed by atoms with Crippen molar-refractivity contribution in [2.24, 2.45) is 13.0 Å². The summed E-state index contributed by atoms with van der Waals surface area (Å²) < 4.78 is 1.62. The van der Waals surface area contributed by atoms with Gasteiger partial charge in [0.1, 0.15) is 11.9 Å². The Bertz CT molecular complexity index is 754. The molecule has 2 atom stereocenters. The first kappa shape index (κ1) is 15.2. The second-order valence-corrected chi connectivity index (χ2v) is 5.81. The standard InChI is InChI=1S/C16H19N5O2/c1-10-8-11(4-6-17-10)9-12-14(19-15(12)22)16(23)20(2)13-5-7-18-21(13)3/h4-8,12,14H,9H2,1-3H3,(H,19,22)/t12-,14+/m1/s1. The van der Waals surface area contributed by atoms with Crippen LogP contribution in [0, 0.1) is 12.8 Å². The summed E-state index contributed by atoms with van der Waals surface area (Å²) in [7, 11) is 3.47. The number of aromatic nitrogens is 3. The van der Waals surface area contributed by atoms with Crippen LogP contribution < -0.4 is 10.2 Å². The molecule has 1 fully saturated rings. The van der Waals surface area contributed by atoms with E-state index in [0.29, 0.717) is 12.2 Å². The van der Waals surface area contributed by atoms with Crippen molar-refractivity contribution in [3.63, 3.8) is 0 Å². The molecule has 120 valence electrons. The minimum absolute atomic E-state index is 0.0868. The van der Waals surface area contributed by atoms with E-state index >= 15 is 0 Å². The highest BCUT2D eigenvalue weighted by Gasteiger charge is 2.45. The Hall–Kier alpha value is -2.70. The van der Waals surface area contributed by atoms with Gasteiger partial charge in [0.15, 0.2) is 0 Å². The van der Waals surface area contributed by atoms with E-state index in [4.69, 9.17) is 0 Å². The first-order valence-corrected chi connectivity index (χ1v) is 7.45. The molecule has 0 spiro atoms. The van der Waals surface area contributed by atoms with Crippen molar-refractivity contribution in [1.82, 2.24) is 20.1 Å². The van der Waals surface area contributed by atoms with E-state index in [-0.39, 0.29) is 17.7 Å². The number of aryl methyl sites for hydroxylation is 2. The van der Waals surface area contributed by atoms with Crippen LogP contribution in [0.2, 0.25) is 0 Å². The molecule has 0 radical (unpaired) electrons. The second-order valence-electron chi connectivity index (χ2n) is 5.81. The Kier molecular flexibility index (Phi) is 3.85. The number of carbonyl (C=O) groups excluding carboxylic acids is 2. The van der Waals surface area contributed by atoms with Crippen molar-refractivity contribution >= 4 is 17.6 Å². The maximum Gasteiger partial charge on any atom is 0.251 e. The minimum Gasteiger partial charge on any atom is -0.343 e. The number of likely N-dealkylation sites (N-methyl/N-ethyl adjacent to an activating group) is 1. The number of anilines is 1. The number of rotatable bonds is 4. The third-order valence-corrected chi connectivity index (χ3v) is 4.19. The molecule has 0 unspecified atom stereocenters. The van der Waals surface area contributed by atoms with Crippen molar-refractivity contribution in [1.29, 1.82) is 0 Å². The van der Waals surface area contributed by atoms with E-state index in [9.17, 15) is 9.59 Å². The van der Waals surface area contributed by atoms with Gasteiger partial charge in [-0.25, -0.2) is 0 Å². The lowest BCUT2D eigenvalue weighted by Gasteiger charge is -2.37. The number of β-lactam (4-membered cyclic amide) rings is 1. The summed E-state index contributed by atoms with van der Waals surface area (Å²) >= 11 is 0. The number of amides is 2. The molecule has 0 bridgehead atoms. The number of carbonyl (C=O) groups is 2. The van der Waals surface area contributed by atoms with Gasteiger partial charge in [-0.1, -0.05) is 0 Å². The first-order chi connectivity index (χ1) is 11.0. The largest absolute Gasteiger partial charge is 0.343 e. The monoisotopic (exact) mass is 313 g/mol. The maximum atomic E-state index is 12.6. The van der Waals surface area contributed by atoms with E-state index in [2.05, 4.69) is 15.4 Å². The SMILES string of the molecule is Cc1cc(C[C@H]2C(=O)N[C@@H]2C(=O)N(C)c2ccnn2C)ccn1. The zero-order chi connectivity index (χ0) is 16.6. The van der Waals surface area contributed by atoms with Gasteiger partial charge in [-0.05, 0) is 31.0 Å². The molecule has 1 aliphatic heterocycles. The number of hydrogen-bond acceptors (Lipinski definition) is 4. The van der Waals surface area contributed by atoms with Gasteiger partial charge in [0.05, 0.1) is 12.1 Å². The fraction of sp³-hybridized carbons (Fsp3) is 0.375. The summed E-state index contributed by atoms with van der Waals surface area (Å²) in [5.74, 6) is 0.120. The van der Waals surface area contributed by atoms with Crippen LogP contribution in [-0.4, -0.2) is 39.7 Å². The third-order valence-electron chi connectivity index (χ3n) is 4.19. The van der Waals surface area contributed by atoms with Crippen LogP contribution in [0.15, 0.2) is 30.6 Å². The van der Waals surface area contributed by atoms with Gasteiger partial charge in [0.25, 0.3) is 5.91 Å². The molecule has 2 aromatic heterocycles. The Morgan fingerprint density at radius 1 is 1.39 bits per heavy atom. The zero-order valence-electron chi connectivity index (χ0n) is 13.4. The maximum absolute atomic E-state index is 12.6. The molecule has 1 N–H and O–H groups in total. The zero-order valence-corrected chi connectivity index (χ0v) is 13.4. The summed E-state index contributed by atoms with van der Waals surface area (Å²) in [5, 5.41) is 6.78. The predicted molar refractivity (Wildman–Crippen MR) is 84.7 cm³/mol. The summed E-state index contributed by atoms with van der Waals surface area (Å²) in [4.78, 5) is 30.2. The van der Waals surface area contributed by atoms with Crippen LogP contribution in [0.3, 0.4) is 0 Å². The molecule has 1 saturated heterocycles. The number of pyridine rings is 1. The minimum atomic E-state index is -0.504. The van der Waals surface area contributed by atoms with Crippen molar-refractivity contribution in [2.45, 2.75) is 19.4 Å². The van der Waals surface area contributed by atoms with Crippen molar-refractivity contribution in [3.05, 3.63) is 41.9 Å². The summed E-state index contributed by atoms with van der Waals surface area (Å²) in [6, 6.07) is 5.08. The third kappa shape index (κ3) is 2.81. The van der Waals surface area contributed by atoms with Gasteiger partial charge >= 0.3 is 0 Å². The molecule has 3 rings (SSSR count). The van der Waals surface area contributed by atoms with E-state index in [1.807, 2.05) is 19.1 Å². The molecule has 7 nitrogen and oxygen atoms in total. The molecule has 0 aliphatic carbocycles. The lowest BCUT2D eigenvalue weighted by molar-refractivity contribution is -0.142. The molecular formula is C16H19N5O2. The fourth-order valence-corrected chi connectivity index (χ4v) is 2.86. The average Bonchev–Trinajstić information content (AvgIpc) is 2.95. The molecule has 0 aromatic carbocycles. The summed E-state index contributed by atoms with van der Waals surface area (Å²) in [5.41, 5.74) is 1.91. The normalized spacial score (nSPS) is 19.9. The van der Waals surface area contributed by atoms with Crippen molar-refractivity contribution in [3.8, 4) is 0 Å². The smallest absolute Gasteiger partial charge is 0.251 e. The molecule has 7 heteroatoms. The Morgan fingerprint density at radius 2 is 2.17 bits per heavy atom. The second kappa shape index (κ2) is 5.83. The van der Waals surface area contributed by atoms with Gasteiger partial charge in [-0.3, -0.25) is 24.2 Å². The van der Waals surface area contributed by atoms with Crippen LogP contribution in [0.25, 0.3) is 0 Å². The molecule has 2 aromatic rings. The van der Waals surface area contributed by atoms with E-state index in [1.54, 1.807) is 37.2 Å². The van der Waals surface area contributed by atoms with Gasteiger partial charge in [-0.2, -0.15) is 5.10 Å². The van der Waals surface area contributed by atoms with Crippen LogP contribution >= 0.6 is 0 Å². The quantitative estimate of drug-likeness (QED) is 0.831. The molecule has 23 heavy (non-hydrogen) atoms. The topological polar surface area (TPSA) is 80.1 Å². The highest BCUT2D eigenvalue weighted by molar-refractivity contribution is 6.05. The van der Waals surface area contributed by atoms with Gasteiger partial charge in [0, 0.05) is 32.1 Å². The lowest BCUT2D eigenvalue weighted by Crippen LogP contribution is -2.65. The molecular weight excluding hydrogens is 294 g/mol. The predicted octanol–water partition coefficient (Wildman–Crippen LogP) is 0.444. The fourth-order valence-electron chi connectivity index (χ4n) is 2.86. The Labute approximate surface area is 134 Å². The van der Waals surface area contributed by atoms with Crippen LogP contribution in [0.1, 0.15) is 11.3 Å². The van der Waals surface area contributed by atoms with Crippen LogP contribution in [0.4, 0.5) is 5.82 Å². The Morgan fingerprint density at radius 3 is 2.78 bits per heavy atom. The van der Waals surface area contributed by atoms with Crippen molar-refractivity contribution < 1.29 is 9.59 Å². The summed E-state index contributed by atoms with van der Waals surface area (Å²) in [6.07, 6.45) is 3.89. The molecule has 1 aliphatic rings. The molecule has 2 amide bonds. The van der Waals surface area contributed by atoms with Crippen molar-refractivity contribution in [2.75, 3.05) is 11.9 Å². The number of nitrogens with one attached hydrogen (secondary N) is 1. The van der Waals surface area contributed by atoms with E-state index < -0.39 is 6.04 Å². The van der Waals surface area contributed by atoms with Gasteiger partial charge < -0.3 is 5.32 Å². The summed E-state index contributed by atoms with van der Waals surface area (Å²) in [6.45, 7) is 1.91. The van der Waals surface area contributed by atoms with E-state index in [1.165, 1.54) is 4.90 Å². The number of hydrogen-bond donors (Lipinski definition) is 1. The number of nitrogens with zero attached hydrogens (tertiary/aromatic N) is 4. The molecule has 0 saturated carbocycles. The van der Waals surface area contributed by atoms with E-state index in [0.717, 1.165) is 11.3 Å². The average molecular weight is 313 g/mol. The van der Waals surface area contributed by atoms with Crippen LogP contribution in [0.5, 0.6) is 0 Å². The molecule has 3 heterocycles. The lowest BCUT2D eigenvalue weighted by atomic mass is 9.84. The highest BCUT2D eigenvalue weighted by atomic mass is 16.2. The van der Waals surface area contributed by atoms with Gasteiger partial charge in [-0.15, -0.1) is 0 Å². The Balaban J connectivity index is 1.74. The first-order valence-electron chi connectivity index (χ1n) is 7.45. The van der Waals surface area contributed by atoms with Crippen LogP contribution in [-0.2, 0) is 23.1 Å². The highest BCUT2D eigenvalue weighted by Crippen LogP contribution is 2.24.